The van der Waals surface area contributed by atoms with Crippen LogP contribution in [0.3, 0.4) is 0 Å². The van der Waals surface area contributed by atoms with Gasteiger partial charge in [-0.15, -0.1) is 0 Å². The van der Waals surface area contributed by atoms with Gasteiger partial charge in [0, 0.05) is 11.8 Å². The molecule has 28 heavy (non-hydrogen) atoms. The van der Waals surface area contributed by atoms with E-state index >= 15 is 0 Å². The SMILES string of the molecule is Cc1cccc(C=Nc2ccc(N3C(=O)c4ccccc4C3=O)cc2Cl)c1O. The summed E-state index contributed by atoms with van der Waals surface area (Å²) in [6, 6.07) is 16.9. The summed E-state index contributed by atoms with van der Waals surface area (Å²) in [5, 5.41) is 10.4. The Bertz CT molecular complexity index is 1120. The number of halogens is 1. The van der Waals surface area contributed by atoms with Gasteiger partial charge in [-0.05, 0) is 48.9 Å². The average molecular weight is 391 g/mol. The van der Waals surface area contributed by atoms with Crippen LogP contribution < -0.4 is 4.90 Å². The van der Waals surface area contributed by atoms with E-state index in [9.17, 15) is 14.7 Å². The first-order chi connectivity index (χ1) is 13.5. The molecule has 0 atom stereocenters. The Hall–Kier alpha value is -3.44. The number of hydrogen-bond donors (Lipinski definition) is 1. The predicted molar refractivity (Wildman–Crippen MR) is 109 cm³/mol. The van der Waals surface area contributed by atoms with Gasteiger partial charge in [0.15, 0.2) is 0 Å². The third-order valence-corrected chi connectivity index (χ3v) is 4.90. The number of amides is 2. The van der Waals surface area contributed by atoms with Gasteiger partial charge in [-0.1, -0.05) is 35.9 Å². The van der Waals surface area contributed by atoms with Crippen LogP contribution in [-0.4, -0.2) is 23.1 Å². The normalized spacial score (nSPS) is 13.4. The van der Waals surface area contributed by atoms with Crippen molar-refractivity contribution >= 4 is 41.0 Å². The number of hydrogen-bond acceptors (Lipinski definition) is 4. The minimum absolute atomic E-state index is 0.157. The minimum Gasteiger partial charge on any atom is -0.507 e. The Balaban J connectivity index is 1.64. The van der Waals surface area contributed by atoms with E-state index in [1.54, 1.807) is 55.5 Å². The number of nitrogens with zero attached hydrogens (tertiary/aromatic N) is 2. The van der Waals surface area contributed by atoms with Crippen molar-refractivity contribution in [2.45, 2.75) is 6.92 Å². The molecule has 0 fully saturated rings. The maximum Gasteiger partial charge on any atom is 0.266 e. The molecule has 0 spiro atoms. The zero-order valence-corrected chi connectivity index (χ0v) is 15.6. The number of phenols is 1. The first kappa shape index (κ1) is 17.9. The molecule has 138 valence electrons. The molecule has 0 radical (unpaired) electrons. The number of anilines is 1. The first-order valence-corrected chi connectivity index (χ1v) is 8.95. The molecule has 2 amide bonds. The highest BCUT2D eigenvalue weighted by molar-refractivity contribution is 6.36. The molecule has 5 nitrogen and oxygen atoms in total. The summed E-state index contributed by atoms with van der Waals surface area (Å²) in [5.41, 5.74) is 2.91. The molecule has 1 heterocycles. The molecule has 1 N–H and O–H groups in total. The Morgan fingerprint density at radius 3 is 2.29 bits per heavy atom. The van der Waals surface area contributed by atoms with Crippen molar-refractivity contribution in [3.63, 3.8) is 0 Å². The highest BCUT2D eigenvalue weighted by Gasteiger charge is 2.36. The lowest BCUT2D eigenvalue weighted by molar-refractivity contribution is 0.0926. The fourth-order valence-corrected chi connectivity index (χ4v) is 3.31. The largest absolute Gasteiger partial charge is 0.507 e. The summed E-state index contributed by atoms with van der Waals surface area (Å²) in [4.78, 5) is 30.6. The minimum atomic E-state index is -0.377. The molecule has 6 heteroatoms. The maximum atomic E-state index is 12.6. The van der Waals surface area contributed by atoms with Crippen LogP contribution in [0.1, 0.15) is 31.8 Å². The van der Waals surface area contributed by atoms with E-state index in [0.29, 0.717) is 28.1 Å². The molecule has 4 rings (SSSR count). The number of phenolic OH excluding ortho intramolecular Hbond substituents is 1. The molecular weight excluding hydrogens is 376 g/mol. The van der Waals surface area contributed by atoms with Crippen molar-refractivity contribution in [2.75, 3.05) is 4.90 Å². The zero-order chi connectivity index (χ0) is 19.8. The van der Waals surface area contributed by atoms with Gasteiger partial charge in [0.25, 0.3) is 11.8 Å². The van der Waals surface area contributed by atoms with Crippen LogP contribution >= 0.6 is 11.6 Å². The number of para-hydroxylation sites is 1. The Kier molecular flexibility index (Phi) is 4.45. The molecular formula is C22H15ClN2O3. The number of aryl methyl sites for hydroxylation is 1. The van der Waals surface area contributed by atoms with Gasteiger partial charge in [0.2, 0.25) is 0 Å². The van der Waals surface area contributed by atoms with Crippen molar-refractivity contribution in [3.05, 3.63) is 87.9 Å². The van der Waals surface area contributed by atoms with E-state index in [4.69, 9.17) is 11.6 Å². The Labute approximate surface area is 166 Å². The van der Waals surface area contributed by atoms with Gasteiger partial charge in [0.05, 0.1) is 27.5 Å². The predicted octanol–water partition coefficient (Wildman–Crippen LogP) is 4.91. The average Bonchev–Trinajstić information content (AvgIpc) is 2.95. The number of rotatable bonds is 3. The lowest BCUT2D eigenvalue weighted by atomic mass is 10.1. The molecule has 0 saturated carbocycles. The molecule has 0 saturated heterocycles. The molecule has 0 bridgehead atoms. The maximum absolute atomic E-state index is 12.6. The summed E-state index contributed by atoms with van der Waals surface area (Å²) in [5.74, 6) is -0.597. The van der Waals surface area contributed by atoms with Crippen LogP contribution in [-0.2, 0) is 0 Å². The van der Waals surface area contributed by atoms with E-state index in [1.807, 2.05) is 6.07 Å². The highest BCUT2D eigenvalue weighted by atomic mass is 35.5. The molecule has 3 aromatic rings. The van der Waals surface area contributed by atoms with Crippen molar-refractivity contribution in [1.82, 2.24) is 0 Å². The monoisotopic (exact) mass is 390 g/mol. The second-order valence-electron chi connectivity index (χ2n) is 6.40. The van der Waals surface area contributed by atoms with E-state index in [1.165, 1.54) is 12.3 Å². The highest BCUT2D eigenvalue weighted by Crippen LogP contribution is 2.34. The van der Waals surface area contributed by atoms with E-state index in [-0.39, 0.29) is 22.6 Å². The Morgan fingerprint density at radius 1 is 0.964 bits per heavy atom. The fraction of sp³-hybridized carbons (Fsp3) is 0.0455. The number of aromatic hydroxyl groups is 1. The van der Waals surface area contributed by atoms with E-state index < -0.39 is 0 Å². The smallest absolute Gasteiger partial charge is 0.266 e. The molecule has 1 aliphatic rings. The summed E-state index contributed by atoms with van der Waals surface area (Å²) >= 11 is 6.33. The van der Waals surface area contributed by atoms with Gasteiger partial charge in [0.1, 0.15) is 5.75 Å². The van der Waals surface area contributed by atoms with Crippen molar-refractivity contribution in [3.8, 4) is 5.75 Å². The van der Waals surface area contributed by atoms with Crippen LogP contribution in [0.4, 0.5) is 11.4 Å². The molecule has 0 unspecified atom stereocenters. The lowest BCUT2D eigenvalue weighted by Gasteiger charge is -2.14. The quantitative estimate of drug-likeness (QED) is 0.510. The molecule has 1 aliphatic heterocycles. The Morgan fingerprint density at radius 2 is 1.64 bits per heavy atom. The number of carbonyl (C=O) groups excluding carboxylic acids is 2. The number of aliphatic imine (C=N–C) groups is 1. The van der Waals surface area contributed by atoms with E-state index in [2.05, 4.69) is 4.99 Å². The van der Waals surface area contributed by atoms with Crippen LogP contribution in [0.2, 0.25) is 5.02 Å². The summed E-state index contributed by atoms with van der Waals surface area (Å²) < 4.78 is 0. The molecule has 0 aromatic heterocycles. The summed E-state index contributed by atoms with van der Waals surface area (Å²) in [6.07, 6.45) is 1.52. The van der Waals surface area contributed by atoms with Crippen LogP contribution in [0.25, 0.3) is 0 Å². The van der Waals surface area contributed by atoms with Crippen molar-refractivity contribution in [1.29, 1.82) is 0 Å². The van der Waals surface area contributed by atoms with Crippen LogP contribution in [0, 0.1) is 6.92 Å². The topological polar surface area (TPSA) is 70.0 Å². The van der Waals surface area contributed by atoms with Gasteiger partial charge in [-0.25, -0.2) is 4.90 Å². The third kappa shape index (κ3) is 2.96. The van der Waals surface area contributed by atoms with Crippen LogP contribution in [0.15, 0.2) is 65.7 Å². The van der Waals surface area contributed by atoms with Crippen LogP contribution in [0.5, 0.6) is 5.75 Å². The summed E-state index contributed by atoms with van der Waals surface area (Å²) in [6.45, 7) is 1.80. The third-order valence-electron chi connectivity index (χ3n) is 4.60. The standard InChI is InChI=1S/C22H15ClN2O3/c1-13-5-4-6-14(20(13)26)12-24-19-10-9-15(11-18(19)23)25-21(27)16-7-2-3-8-17(16)22(25)28/h2-12,26H,1H3. The number of fused-ring (bicyclic) bond motifs is 1. The van der Waals surface area contributed by atoms with Gasteiger partial charge in [-0.3, -0.25) is 14.6 Å². The zero-order valence-electron chi connectivity index (χ0n) is 14.9. The lowest BCUT2D eigenvalue weighted by Crippen LogP contribution is -2.29. The van der Waals surface area contributed by atoms with Crippen molar-refractivity contribution in [2.24, 2.45) is 4.99 Å². The van der Waals surface area contributed by atoms with Gasteiger partial charge >= 0.3 is 0 Å². The van der Waals surface area contributed by atoms with E-state index in [0.717, 1.165) is 10.5 Å². The number of carbonyl (C=O) groups is 2. The molecule has 3 aromatic carbocycles. The summed E-state index contributed by atoms with van der Waals surface area (Å²) in [7, 11) is 0. The second-order valence-corrected chi connectivity index (χ2v) is 6.81. The van der Waals surface area contributed by atoms with Gasteiger partial charge in [-0.2, -0.15) is 0 Å². The number of imide groups is 1. The molecule has 0 aliphatic carbocycles. The van der Waals surface area contributed by atoms with Crippen molar-refractivity contribution < 1.29 is 14.7 Å². The number of benzene rings is 3. The second kappa shape index (κ2) is 6.94. The first-order valence-electron chi connectivity index (χ1n) is 8.57. The van der Waals surface area contributed by atoms with Gasteiger partial charge < -0.3 is 5.11 Å². The fourth-order valence-electron chi connectivity index (χ4n) is 3.09.